The van der Waals surface area contributed by atoms with Crippen molar-refractivity contribution in [3.63, 3.8) is 0 Å². The van der Waals surface area contributed by atoms with Crippen LogP contribution in [0.25, 0.3) is 11.4 Å². The van der Waals surface area contributed by atoms with Gasteiger partial charge in [0.05, 0.1) is 6.54 Å². The van der Waals surface area contributed by atoms with E-state index < -0.39 is 6.36 Å². The Morgan fingerprint density at radius 2 is 1.94 bits per heavy atom. The molecule has 0 amide bonds. The molecule has 10 heteroatoms. The zero-order valence-corrected chi connectivity index (χ0v) is 16.9. The second-order valence-corrected chi connectivity index (χ2v) is 6.64. The van der Waals surface area contributed by atoms with Gasteiger partial charge in [0, 0.05) is 12.3 Å². The normalized spacial score (nSPS) is 12.0. The fourth-order valence-electron chi connectivity index (χ4n) is 2.76. The third kappa shape index (κ3) is 6.39. The van der Waals surface area contributed by atoms with Crippen molar-refractivity contribution in [2.24, 2.45) is 10.1 Å². The molecule has 1 aromatic heterocycles. The maximum Gasteiger partial charge on any atom is 0.573 e. The molecule has 0 fully saturated rings. The molecule has 3 aromatic rings. The van der Waals surface area contributed by atoms with Gasteiger partial charge in [-0.3, -0.25) is 4.99 Å². The minimum Gasteiger partial charge on any atom is -0.406 e. The molecule has 0 aliphatic rings. The van der Waals surface area contributed by atoms with Crippen molar-refractivity contribution in [1.29, 1.82) is 0 Å². The first kappa shape index (κ1) is 22.0. The molecule has 0 unspecified atom stereocenters. The summed E-state index contributed by atoms with van der Waals surface area (Å²) in [4.78, 5) is 8.64. The molecule has 162 valence electrons. The molecule has 3 rings (SSSR count). The number of nitrogens with zero attached hydrogens (tertiary/aromatic N) is 5. The van der Waals surface area contributed by atoms with Gasteiger partial charge in [-0.1, -0.05) is 35.0 Å². The number of benzene rings is 2. The van der Waals surface area contributed by atoms with Crippen LogP contribution in [0.2, 0.25) is 0 Å². The molecule has 0 aliphatic carbocycles. The van der Waals surface area contributed by atoms with Crippen LogP contribution in [0, 0.1) is 6.92 Å². The molecule has 7 nitrogen and oxygen atoms in total. The number of halogens is 3. The highest BCUT2D eigenvalue weighted by Crippen LogP contribution is 2.25. The number of alkyl halides is 3. The van der Waals surface area contributed by atoms with Gasteiger partial charge in [0.15, 0.2) is 0 Å². The van der Waals surface area contributed by atoms with Crippen molar-refractivity contribution in [3.05, 3.63) is 65.5 Å². The molecule has 0 N–H and O–H groups in total. The highest BCUT2D eigenvalue weighted by atomic mass is 19.4. The number of aromatic nitrogens is 2. The number of rotatable bonds is 7. The maximum atomic E-state index is 12.3. The minimum absolute atomic E-state index is 0.119. The summed E-state index contributed by atoms with van der Waals surface area (Å²) >= 11 is 0. The van der Waals surface area contributed by atoms with Gasteiger partial charge in [0.1, 0.15) is 18.1 Å². The average molecular weight is 431 g/mol. The summed E-state index contributed by atoms with van der Waals surface area (Å²) in [6.07, 6.45) is -4.75. The van der Waals surface area contributed by atoms with Gasteiger partial charge in [0.25, 0.3) is 0 Å². The van der Waals surface area contributed by atoms with Crippen molar-refractivity contribution < 1.29 is 22.4 Å². The summed E-state index contributed by atoms with van der Waals surface area (Å²) in [6.45, 7) is 8.03. The number of aliphatic imine (C=N–C) groups is 1. The second kappa shape index (κ2) is 9.41. The number of hydrogen-bond acceptors (Lipinski definition) is 6. The minimum atomic E-state index is -4.75. The first-order valence-corrected chi connectivity index (χ1v) is 9.23. The number of hydrogen-bond donors (Lipinski definition) is 0. The topological polar surface area (TPSA) is 76.1 Å². The van der Waals surface area contributed by atoms with Gasteiger partial charge in [-0.15, -0.1) is 13.2 Å². The molecule has 31 heavy (non-hydrogen) atoms. The van der Waals surface area contributed by atoms with E-state index in [2.05, 4.69) is 37.8 Å². The zero-order valence-electron chi connectivity index (χ0n) is 16.9. The first-order chi connectivity index (χ1) is 14.7. The smallest absolute Gasteiger partial charge is 0.406 e. The molecule has 1 heterocycles. The molecule has 0 radical (unpaired) electrons. The summed E-state index contributed by atoms with van der Waals surface area (Å²) < 4.78 is 45.8. The van der Waals surface area contributed by atoms with Crippen LogP contribution in [-0.2, 0) is 13.1 Å². The fourth-order valence-corrected chi connectivity index (χ4v) is 2.76. The van der Waals surface area contributed by atoms with E-state index in [0.29, 0.717) is 17.9 Å². The van der Waals surface area contributed by atoms with E-state index in [4.69, 9.17) is 4.52 Å². The molecule has 0 saturated heterocycles. The van der Waals surface area contributed by atoms with Gasteiger partial charge in [0.2, 0.25) is 11.7 Å². The van der Waals surface area contributed by atoms with E-state index in [0.717, 1.165) is 11.1 Å². The van der Waals surface area contributed by atoms with E-state index in [1.807, 2.05) is 25.1 Å². The van der Waals surface area contributed by atoms with Crippen LogP contribution in [-0.4, -0.2) is 34.1 Å². The molecule has 2 aromatic carbocycles. The van der Waals surface area contributed by atoms with E-state index in [1.165, 1.54) is 24.3 Å². The maximum absolute atomic E-state index is 12.3. The van der Waals surface area contributed by atoms with Crippen LogP contribution in [0.3, 0.4) is 0 Å². The Hall–Kier alpha value is -3.69. The number of hydrazone groups is 1. The largest absolute Gasteiger partial charge is 0.573 e. The molecule has 0 bridgehead atoms. The van der Waals surface area contributed by atoms with E-state index in [1.54, 1.807) is 11.9 Å². The van der Waals surface area contributed by atoms with E-state index >= 15 is 0 Å². The Balaban J connectivity index is 1.64. The van der Waals surface area contributed by atoms with Crippen LogP contribution in [0.15, 0.2) is 63.1 Å². The van der Waals surface area contributed by atoms with Crippen LogP contribution < -0.4 is 4.74 Å². The summed E-state index contributed by atoms with van der Waals surface area (Å²) in [5, 5.41) is 9.51. The van der Waals surface area contributed by atoms with Crippen LogP contribution >= 0.6 is 0 Å². The summed E-state index contributed by atoms with van der Waals surface area (Å²) in [5.74, 6) is 0.778. The van der Waals surface area contributed by atoms with Crippen molar-refractivity contribution in [3.8, 4) is 17.1 Å². The highest BCUT2D eigenvalue weighted by Gasteiger charge is 2.31. The standard InChI is InChI=1S/C21H20F3N5O2/c1-14-5-4-6-16(11-14)13-29(25-3)15(2)26-12-19-27-20(28-31-19)17-7-9-18(10-8-17)30-21(22,23)24/h4-11H,3,12-13H2,1-2H3. The van der Waals surface area contributed by atoms with Gasteiger partial charge in [-0.05, 0) is 43.7 Å². The monoisotopic (exact) mass is 431 g/mol. The molecule has 0 saturated carbocycles. The molecular weight excluding hydrogens is 411 g/mol. The number of amidine groups is 1. The van der Waals surface area contributed by atoms with Crippen molar-refractivity contribution >= 4 is 12.6 Å². The fraction of sp³-hybridized carbons (Fsp3) is 0.238. The first-order valence-electron chi connectivity index (χ1n) is 9.23. The van der Waals surface area contributed by atoms with Crippen molar-refractivity contribution in [2.45, 2.75) is 33.3 Å². The van der Waals surface area contributed by atoms with Gasteiger partial charge in [-0.2, -0.15) is 10.1 Å². The van der Waals surface area contributed by atoms with Gasteiger partial charge in [-0.25, -0.2) is 5.01 Å². The van der Waals surface area contributed by atoms with Crippen LogP contribution in [0.5, 0.6) is 5.75 Å². The Morgan fingerprint density at radius 1 is 1.19 bits per heavy atom. The third-order valence-electron chi connectivity index (χ3n) is 4.22. The lowest BCUT2D eigenvalue weighted by Crippen LogP contribution is -2.22. The highest BCUT2D eigenvalue weighted by molar-refractivity contribution is 5.79. The van der Waals surface area contributed by atoms with Crippen LogP contribution in [0.4, 0.5) is 13.2 Å². The zero-order chi connectivity index (χ0) is 22.4. The molecule has 0 atom stereocenters. The molecule has 0 aliphatic heterocycles. The van der Waals surface area contributed by atoms with E-state index in [9.17, 15) is 13.2 Å². The second-order valence-electron chi connectivity index (χ2n) is 6.64. The predicted octanol–water partition coefficient (Wildman–Crippen LogP) is 4.98. The summed E-state index contributed by atoms with van der Waals surface area (Å²) in [5.41, 5.74) is 2.70. The van der Waals surface area contributed by atoms with E-state index in [-0.39, 0.29) is 24.0 Å². The Morgan fingerprint density at radius 3 is 2.58 bits per heavy atom. The molecular formula is C21H20F3N5O2. The molecule has 0 spiro atoms. The Bertz CT molecular complexity index is 1060. The summed E-state index contributed by atoms with van der Waals surface area (Å²) in [7, 11) is 0. The number of aryl methyl sites for hydroxylation is 1. The predicted molar refractivity (Wildman–Crippen MR) is 110 cm³/mol. The third-order valence-corrected chi connectivity index (χ3v) is 4.22. The number of ether oxygens (including phenoxy) is 1. The Labute approximate surface area is 176 Å². The quantitative estimate of drug-likeness (QED) is 0.300. The van der Waals surface area contributed by atoms with Gasteiger partial charge < -0.3 is 9.26 Å². The van der Waals surface area contributed by atoms with Gasteiger partial charge >= 0.3 is 6.36 Å². The lowest BCUT2D eigenvalue weighted by Gasteiger charge is -2.18. The Kier molecular flexibility index (Phi) is 6.68. The SMILES string of the molecule is C=NN(Cc1cccc(C)c1)C(C)=NCc1nc(-c2ccc(OC(F)(F)F)cc2)no1. The average Bonchev–Trinajstić information content (AvgIpc) is 3.19. The van der Waals surface area contributed by atoms with Crippen molar-refractivity contribution in [2.75, 3.05) is 0 Å². The van der Waals surface area contributed by atoms with Crippen LogP contribution in [0.1, 0.15) is 23.9 Å². The lowest BCUT2D eigenvalue weighted by molar-refractivity contribution is -0.274. The summed E-state index contributed by atoms with van der Waals surface area (Å²) in [6, 6.07) is 13.2. The van der Waals surface area contributed by atoms with Crippen molar-refractivity contribution in [1.82, 2.24) is 15.1 Å². The lowest BCUT2D eigenvalue weighted by atomic mass is 10.1.